The number of hydrogen-bond acceptors (Lipinski definition) is 2. The molecular weight excluding hydrogens is 190 g/mol. The molecule has 0 aromatic carbocycles. The second kappa shape index (κ2) is 4.52. The number of hydrogen-bond donors (Lipinski definition) is 1. The molecule has 2 aliphatic heterocycles. The Labute approximate surface area is 91.6 Å². The van der Waals surface area contributed by atoms with E-state index < -0.39 is 0 Å². The van der Waals surface area contributed by atoms with Gasteiger partial charge in [0.1, 0.15) is 0 Å². The Balaban J connectivity index is 1.97. The zero-order valence-electron chi connectivity index (χ0n) is 9.66. The van der Waals surface area contributed by atoms with Crippen LogP contribution < -0.4 is 5.32 Å². The van der Waals surface area contributed by atoms with E-state index in [-0.39, 0.29) is 5.91 Å². The molecule has 0 bridgehead atoms. The molecule has 2 saturated heterocycles. The summed E-state index contributed by atoms with van der Waals surface area (Å²) in [5, 5.41) is 3.09. The van der Waals surface area contributed by atoms with Gasteiger partial charge in [-0.1, -0.05) is 13.8 Å². The first-order valence-corrected chi connectivity index (χ1v) is 6.08. The lowest BCUT2D eigenvalue weighted by Crippen LogP contribution is -2.35. The lowest BCUT2D eigenvalue weighted by Gasteiger charge is -2.25. The first kappa shape index (κ1) is 10.9. The minimum atomic E-state index is 0.209. The second-order valence-corrected chi connectivity index (χ2v) is 5.22. The van der Waals surface area contributed by atoms with Crippen molar-refractivity contribution in [1.29, 1.82) is 0 Å². The van der Waals surface area contributed by atoms with E-state index in [9.17, 15) is 4.79 Å². The Hall–Kier alpha value is -0.570. The summed E-state index contributed by atoms with van der Waals surface area (Å²) in [4.78, 5) is 11.4. The van der Waals surface area contributed by atoms with Crippen molar-refractivity contribution in [3.05, 3.63) is 0 Å². The van der Waals surface area contributed by atoms with Crippen LogP contribution in [0.1, 0.15) is 39.5 Å². The molecule has 0 aromatic heterocycles. The SMILES string of the molecule is CC(C)CC1NC(=O)CC1C1CCCO1. The molecule has 2 rings (SSSR count). The lowest BCUT2D eigenvalue weighted by atomic mass is 9.88. The molecule has 3 nitrogen and oxygen atoms in total. The summed E-state index contributed by atoms with van der Waals surface area (Å²) in [6, 6.07) is 0.348. The maximum atomic E-state index is 11.4. The second-order valence-electron chi connectivity index (χ2n) is 5.22. The average Bonchev–Trinajstić information content (AvgIpc) is 2.72. The Morgan fingerprint density at radius 2 is 2.33 bits per heavy atom. The molecule has 1 amide bonds. The molecule has 3 unspecified atom stereocenters. The van der Waals surface area contributed by atoms with Gasteiger partial charge in [0.15, 0.2) is 0 Å². The molecule has 0 saturated carbocycles. The minimum Gasteiger partial charge on any atom is -0.378 e. The van der Waals surface area contributed by atoms with E-state index in [1.54, 1.807) is 0 Å². The molecule has 2 fully saturated rings. The van der Waals surface area contributed by atoms with Gasteiger partial charge in [-0.05, 0) is 25.2 Å². The summed E-state index contributed by atoms with van der Waals surface area (Å²) < 4.78 is 5.70. The van der Waals surface area contributed by atoms with Gasteiger partial charge in [0.2, 0.25) is 5.91 Å². The third kappa shape index (κ3) is 2.51. The van der Waals surface area contributed by atoms with Crippen LogP contribution in [0.2, 0.25) is 0 Å². The highest BCUT2D eigenvalue weighted by atomic mass is 16.5. The Morgan fingerprint density at radius 1 is 1.53 bits per heavy atom. The minimum absolute atomic E-state index is 0.209. The molecule has 3 heteroatoms. The zero-order valence-corrected chi connectivity index (χ0v) is 9.66. The topological polar surface area (TPSA) is 38.3 Å². The van der Waals surface area contributed by atoms with Crippen LogP contribution >= 0.6 is 0 Å². The van der Waals surface area contributed by atoms with Gasteiger partial charge in [-0.3, -0.25) is 4.79 Å². The van der Waals surface area contributed by atoms with E-state index in [4.69, 9.17) is 4.74 Å². The highest BCUT2D eigenvalue weighted by Crippen LogP contribution is 2.31. The fourth-order valence-electron chi connectivity index (χ4n) is 2.80. The van der Waals surface area contributed by atoms with E-state index in [1.807, 2.05) is 0 Å². The van der Waals surface area contributed by atoms with Gasteiger partial charge in [-0.25, -0.2) is 0 Å². The van der Waals surface area contributed by atoms with Gasteiger partial charge in [0, 0.05) is 25.0 Å². The predicted molar refractivity (Wildman–Crippen MR) is 58.5 cm³/mol. The largest absolute Gasteiger partial charge is 0.378 e. The van der Waals surface area contributed by atoms with E-state index in [0.717, 1.165) is 25.9 Å². The summed E-state index contributed by atoms with van der Waals surface area (Å²) in [5.41, 5.74) is 0. The first-order chi connectivity index (χ1) is 7.16. The highest BCUT2D eigenvalue weighted by Gasteiger charge is 2.39. The van der Waals surface area contributed by atoms with Crippen molar-refractivity contribution >= 4 is 5.91 Å². The molecule has 3 atom stereocenters. The van der Waals surface area contributed by atoms with Crippen LogP contribution in [0.3, 0.4) is 0 Å². The summed E-state index contributed by atoms with van der Waals surface area (Å²) in [6.45, 7) is 5.29. The van der Waals surface area contributed by atoms with E-state index in [0.29, 0.717) is 30.4 Å². The Bertz CT molecular complexity index is 234. The van der Waals surface area contributed by atoms with Crippen LogP contribution in [0.4, 0.5) is 0 Å². The summed E-state index contributed by atoms with van der Waals surface area (Å²) in [5.74, 6) is 1.26. The number of carbonyl (C=O) groups is 1. The number of ether oxygens (including phenoxy) is 1. The first-order valence-electron chi connectivity index (χ1n) is 6.08. The Kier molecular flexibility index (Phi) is 3.29. The number of nitrogens with one attached hydrogen (secondary N) is 1. The van der Waals surface area contributed by atoms with Crippen LogP contribution in [-0.2, 0) is 9.53 Å². The normalized spacial score (nSPS) is 36.2. The fourth-order valence-corrected chi connectivity index (χ4v) is 2.80. The van der Waals surface area contributed by atoms with Gasteiger partial charge in [-0.2, -0.15) is 0 Å². The standard InChI is InChI=1S/C12H21NO2/c1-8(2)6-10-9(7-12(14)13-10)11-4-3-5-15-11/h8-11H,3-7H2,1-2H3,(H,13,14). The van der Waals surface area contributed by atoms with Gasteiger partial charge < -0.3 is 10.1 Å². The van der Waals surface area contributed by atoms with Crippen LogP contribution in [0.15, 0.2) is 0 Å². The van der Waals surface area contributed by atoms with Crippen LogP contribution in [0.5, 0.6) is 0 Å². The maximum Gasteiger partial charge on any atom is 0.220 e. The summed E-state index contributed by atoms with van der Waals surface area (Å²) >= 11 is 0. The van der Waals surface area contributed by atoms with Crippen LogP contribution in [0.25, 0.3) is 0 Å². The zero-order chi connectivity index (χ0) is 10.8. The van der Waals surface area contributed by atoms with E-state index in [1.165, 1.54) is 0 Å². The molecule has 1 N–H and O–H groups in total. The molecule has 2 heterocycles. The average molecular weight is 211 g/mol. The third-order valence-electron chi connectivity index (χ3n) is 3.45. The third-order valence-corrected chi connectivity index (χ3v) is 3.45. The molecule has 0 radical (unpaired) electrons. The number of rotatable bonds is 3. The number of amides is 1. The van der Waals surface area contributed by atoms with Gasteiger partial charge in [-0.15, -0.1) is 0 Å². The van der Waals surface area contributed by atoms with Crippen molar-refractivity contribution in [3.8, 4) is 0 Å². The summed E-state index contributed by atoms with van der Waals surface area (Å²) in [7, 11) is 0. The lowest BCUT2D eigenvalue weighted by molar-refractivity contribution is -0.119. The van der Waals surface area contributed by atoms with Crippen molar-refractivity contribution in [2.75, 3.05) is 6.61 Å². The predicted octanol–water partition coefficient (Wildman–Crippen LogP) is 1.72. The highest BCUT2D eigenvalue weighted by molar-refractivity contribution is 5.79. The maximum absolute atomic E-state index is 11.4. The summed E-state index contributed by atoms with van der Waals surface area (Å²) in [6.07, 6.45) is 4.36. The number of carbonyl (C=O) groups excluding carboxylic acids is 1. The smallest absolute Gasteiger partial charge is 0.220 e. The van der Waals surface area contributed by atoms with Crippen molar-refractivity contribution in [2.24, 2.45) is 11.8 Å². The van der Waals surface area contributed by atoms with E-state index >= 15 is 0 Å². The fraction of sp³-hybridized carbons (Fsp3) is 0.917. The molecule has 0 spiro atoms. The van der Waals surface area contributed by atoms with Gasteiger partial charge in [0.05, 0.1) is 6.10 Å². The van der Waals surface area contributed by atoms with Gasteiger partial charge in [0.25, 0.3) is 0 Å². The van der Waals surface area contributed by atoms with Crippen molar-refractivity contribution in [1.82, 2.24) is 5.32 Å². The monoisotopic (exact) mass is 211 g/mol. The molecule has 86 valence electrons. The van der Waals surface area contributed by atoms with Crippen molar-refractivity contribution < 1.29 is 9.53 Å². The Morgan fingerprint density at radius 3 is 2.93 bits per heavy atom. The quantitative estimate of drug-likeness (QED) is 0.772. The van der Waals surface area contributed by atoms with Crippen molar-refractivity contribution in [3.63, 3.8) is 0 Å². The molecule has 15 heavy (non-hydrogen) atoms. The molecule has 0 aliphatic carbocycles. The van der Waals surface area contributed by atoms with Gasteiger partial charge >= 0.3 is 0 Å². The van der Waals surface area contributed by atoms with Crippen LogP contribution in [-0.4, -0.2) is 24.7 Å². The van der Waals surface area contributed by atoms with E-state index in [2.05, 4.69) is 19.2 Å². The molecule has 0 aromatic rings. The molecular formula is C12H21NO2. The van der Waals surface area contributed by atoms with Crippen molar-refractivity contribution in [2.45, 2.75) is 51.7 Å². The van der Waals surface area contributed by atoms with Crippen LogP contribution in [0, 0.1) is 11.8 Å². The molecule has 2 aliphatic rings.